The second-order valence-electron chi connectivity index (χ2n) is 4.88. The summed E-state index contributed by atoms with van der Waals surface area (Å²) in [6.07, 6.45) is -5.03. The largest absolute Gasteiger partial charge is 0.425 e. The van der Waals surface area contributed by atoms with Gasteiger partial charge in [0.2, 0.25) is 5.60 Å². The van der Waals surface area contributed by atoms with E-state index in [4.69, 9.17) is 0 Å². The van der Waals surface area contributed by atoms with E-state index in [1.165, 1.54) is 12.1 Å². The maximum atomic E-state index is 13.5. The second-order valence-corrected chi connectivity index (χ2v) is 4.88. The standard InChI is InChI=1S/C15H12F3NO3/c1-10-5-7-11(8-6-10)14(20,15(16,17)18)12-3-2-4-13(9-12)19(21)22/h2-9,20H,1H3. The quantitative estimate of drug-likeness (QED) is 0.694. The highest BCUT2D eigenvalue weighted by atomic mass is 19.4. The highest BCUT2D eigenvalue weighted by Crippen LogP contribution is 2.44. The Balaban J connectivity index is 2.67. The number of non-ortho nitro benzene ring substituents is 1. The molecule has 0 aliphatic rings. The Morgan fingerprint density at radius 3 is 2.14 bits per heavy atom. The molecule has 1 unspecified atom stereocenters. The van der Waals surface area contributed by atoms with Crippen LogP contribution < -0.4 is 0 Å². The number of hydrogen-bond donors (Lipinski definition) is 1. The van der Waals surface area contributed by atoms with Crippen molar-refractivity contribution in [1.82, 2.24) is 0 Å². The second kappa shape index (κ2) is 5.42. The van der Waals surface area contributed by atoms with Crippen molar-refractivity contribution in [1.29, 1.82) is 0 Å². The zero-order valence-corrected chi connectivity index (χ0v) is 11.5. The molecule has 2 rings (SSSR count). The van der Waals surface area contributed by atoms with Crippen molar-refractivity contribution in [2.24, 2.45) is 0 Å². The van der Waals surface area contributed by atoms with Gasteiger partial charge < -0.3 is 5.11 Å². The number of halogens is 3. The van der Waals surface area contributed by atoms with Crippen LogP contribution in [0.15, 0.2) is 48.5 Å². The van der Waals surface area contributed by atoms with E-state index in [0.29, 0.717) is 0 Å². The molecule has 116 valence electrons. The summed E-state index contributed by atoms with van der Waals surface area (Å²) in [6.45, 7) is 1.70. The van der Waals surface area contributed by atoms with Crippen LogP contribution in [0.3, 0.4) is 0 Å². The molecule has 0 fully saturated rings. The average molecular weight is 311 g/mol. The molecule has 0 aromatic heterocycles. The molecule has 0 spiro atoms. The molecule has 0 aliphatic carbocycles. The van der Waals surface area contributed by atoms with Gasteiger partial charge in [-0.3, -0.25) is 10.1 Å². The molecule has 22 heavy (non-hydrogen) atoms. The number of alkyl halides is 3. The van der Waals surface area contributed by atoms with E-state index in [2.05, 4.69) is 0 Å². The molecule has 0 saturated heterocycles. The lowest BCUT2D eigenvalue weighted by Crippen LogP contribution is -2.43. The minimum Gasteiger partial charge on any atom is -0.372 e. The smallest absolute Gasteiger partial charge is 0.372 e. The van der Waals surface area contributed by atoms with Gasteiger partial charge >= 0.3 is 6.18 Å². The molecular formula is C15H12F3NO3. The van der Waals surface area contributed by atoms with E-state index in [1.807, 2.05) is 0 Å². The molecule has 2 aromatic rings. The summed E-state index contributed by atoms with van der Waals surface area (Å²) in [4.78, 5) is 9.94. The fourth-order valence-electron chi connectivity index (χ4n) is 2.13. The van der Waals surface area contributed by atoms with Gasteiger partial charge in [-0.05, 0) is 12.5 Å². The van der Waals surface area contributed by atoms with Crippen LogP contribution in [0.1, 0.15) is 16.7 Å². The first-order valence-electron chi connectivity index (χ1n) is 6.27. The van der Waals surface area contributed by atoms with E-state index in [1.54, 1.807) is 6.92 Å². The Bertz CT molecular complexity index is 698. The summed E-state index contributed by atoms with van der Waals surface area (Å²) in [5.41, 5.74) is -4.10. The Kier molecular flexibility index (Phi) is 3.93. The monoisotopic (exact) mass is 311 g/mol. The van der Waals surface area contributed by atoms with Crippen LogP contribution in [0.4, 0.5) is 18.9 Å². The Morgan fingerprint density at radius 1 is 1.05 bits per heavy atom. The highest BCUT2D eigenvalue weighted by Gasteiger charge is 2.56. The van der Waals surface area contributed by atoms with Gasteiger partial charge in [0.25, 0.3) is 5.69 Å². The third-order valence-electron chi connectivity index (χ3n) is 3.35. The van der Waals surface area contributed by atoms with Crippen molar-refractivity contribution in [3.8, 4) is 0 Å². The maximum absolute atomic E-state index is 13.5. The SMILES string of the molecule is Cc1ccc(C(O)(c2cccc([N+](=O)[O-])c2)C(F)(F)F)cc1. The number of hydrogen-bond acceptors (Lipinski definition) is 3. The minimum atomic E-state index is -5.03. The molecule has 0 saturated carbocycles. The summed E-state index contributed by atoms with van der Waals surface area (Å²) < 4.78 is 40.5. The first-order valence-corrected chi connectivity index (χ1v) is 6.27. The molecule has 0 heterocycles. The third-order valence-corrected chi connectivity index (χ3v) is 3.35. The number of aryl methyl sites for hydroxylation is 1. The number of benzene rings is 2. The van der Waals surface area contributed by atoms with Crippen molar-refractivity contribution in [3.05, 3.63) is 75.3 Å². The number of nitrogens with zero attached hydrogens (tertiary/aromatic N) is 1. The number of aliphatic hydroxyl groups is 1. The highest BCUT2D eigenvalue weighted by molar-refractivity contribution is 5.44. The summed E-state index contributed by atoms with van der Waals surface area (Å²) in [6, 6.07) is 9.09. The van der Waals surface area contributed by atoms with E-state index in [-0.39, 0.29) is 0 Å². The first kappa shape index (κ1) is 16.0. The molecule has 4 nitrogen and oxygen atoms in total. The van der Waals surface area contributed by atoms with Crippen LogP contribution in [-0.2, 0) is 5.60 Å². The predicted molar refractivity (Wildman–Crippen MR) is 73.3 cm³/mol. The van der Waals surface area contributed by atoms with Gasteiger partial charge in [-0.2, -0.15) is 13.2 Å². The molecular weight excluding hydrogens is 299 g/mol. The minimum absolute atomic E-state index is 0.397. The van der Waals surface area contributed by atoms with Crippen LogP contribution in [0, 0.1) is 17.0 Å². The fourth-order valence-corrected chi connectivity index (χ4v) is 2.13. The molecule has 0 radical (unpaired) electrons. The van der Waals surface area contributed by atoms with Gasteiger partial charge in [-0.25, -0.2) is 0 Å². The molecule has 0 amide bonds. The number of rotatable bonds is 3. The van der Waals surface area contributed by atoms with Gasteiger partial charge in [-0.1, -0.05) is 42.0 Å². The van der Waals surface area contributed by atoms with Crippen LogP contribution in [0.2, 0.25) is 0 Å². The maximum Gasteiger partial charge on any atom is 0.425 e. The van der Waals surface area contributed by atoms with Crippen molar-refractivity contribution in [2.45, 2.75) is 18.7 Å². The molecule has 0 bridgehead atoms. The van der Waals surface area contributed by atoms with Gasteiger partial charge in [0.15, 0.2) is 0 Å². The number of nitro benzene ring substituents is 1. The lowest BCUT2D eigenvalue weighted by atomic mass is 9.85. The summed E-state index contributed by atoms with van der Waals surface area (Å²) in [7, 11) is 0. The normalized spacial score (nSPS) is 14.4. The molecule has 0 aliphatic heterocycles. The van der Waals surface area contributed by atoms with E-state index in [9.17, 15) is 28.4 Å². The van der Waals surface area contributed by atoms with Gasteiger partial charge in [-0.15, -0.1) is 0 Å². The van der Waals surface area contributed by atoms with Crippen molar-refractivity contribution < 1.29 is 23.2 Å². The first-order chi connectivity index (χ1) is 10.2. The van der Waals surface area contributed by atoms with Crippen LogP contribution in [0.5, 0.6) is 0 Å². The Labute approximate surface area is 124 Å². The van der Waals surface area contributed by atoms with Gasteiger partial charge in [0.05, 0.1) is 4.92 Å². The van der Waals surface area contributed by atoms with Crippen LogP contribution in [-0.4, -0.2) is 16.2 Å². The molecule has 1 N–H and O–H groups in total. The van der Waals surface area contributed by atoms with E-state index < -0.39 is 33.5 Å². The lowest BCUT2D eigenvalue weighted by Gasteiger charge is -2.31. The molecule has 7 heteroatoms. The van der Waals surface area contributed by atoms with Crippen LogP contribution >= 0.6 is 0 Å². The van der Waals surface area contributed by atoms with Crippen molar-refractivity contribution in [3.63, 3.8) is 0 Å². The zero-order chi connectivity index (χ0) is 16.5. The molecule has 2 aromatic carbocycles. The van der Waals surface area contributed by atoms with Gasteiger partial charge in [0.1, 0.15) is 0 Å². The average Bonchev–Trinajstić information content (AvgIpc) is 2.46. The topological polar surface area (TPSA) is 63.4 Å². The Morgan fingerprint density at radius 2 is 1.64 bits per heavy atom. The van der Waals surface area contributed by atoms with E-state index >= 15 is 0 Å². The number of nitro groups is 1. The van der Waals surface area contributed by atoms with Crippen molar-refractivity contribution >= 4 is 5.69 Å². The lowest BCUT2D eigenvalue weighted by molar-refractivity contribution is -0.385. The van der Waals surface area contributed by atoms with E-state index in [0.717, 1.165) is 42.0 Å². The Hall–Kier alpha value is -2.41. The third kappa shape index (κ3) is 2.67. The van der Waals surface area contributed by atoms with Crippen LogP contribution in [0.25, 0.3) is 0 Å². The summed E-state index contributed by atoms with van der Waals surface area (Å²) in [5, 5.41) is 21.1. The van der Waals surface area contributed by atoms with Gasteiger partial charge in [0, 0.05) is 17.7 Å². The zero-order valence-electron chi connectivity index (χ0n) is 11.5. The van der Waals surface area contributed by atoms with Crippen molar-refractivity contribution in [2.75, 3.05) is 0 Å². The predicted octanol–water partition coefficient (Wildman–Crippen LogP) is 3.70. The summed E-state index contributed by atoms with van der Waals surface area (Å²) >= 11 is 0. The molecule has 1 atom stereocenters. The fraction of sp³-hybridized carbons (Fsp3) is 0.200. The summed E-state index contributed by atoms with van der Waals surface area (Å²) in [5.74, 6) is 0.